The van der Waals surface area contributed by atoms with Crippen LogP contribution in [0.15, 0.2) is 29.1 Å². The van der Waals surface area contributed by atoms with E-state index in [9.17, 15) is 19.2 Å². The molecule has 1 aromatic carbocycles. The van der Waals surface area contributed by atoms with E-state index in [0.29, 0.717) is 49.0 Å². The third kappa shape index (κ3) is 4.19. The number of carbonyl (C=O) groups excluding carboxylic acids is 3. The van der Waals surface area contributed by atoms with Gasteiger partial charge in [0.05, 0.1) is 30.1 Å². The van der Waals surface area contributed by atoms with Crippen molar-refractivity contribution < 1.29 is 19.1 Å². The van der Waals surface area contributed by atoms with Crippen LogP contribution >= 0.6 is 0 Å². The molecule has 1 saturated heterocycles. The first-order valence-electron chi connectivity index (χ1n) is 9.21. The highest BCUT2D eigenvalue weighted by Gasteiger charge is 2.30. The zero-order valence-corrected chi connectivity index (χ0v) is 15.6. The van der Waals surface area contributed by atoms with Crippen molar-refractivity contribution in [1.82, 2.24) is 20.4 Å². The number of ether oxygens (including phenoxy) is 1. The molecule has 9 heteroatoms. The lowest BCUT2D eigenvalue weighted by Crippen LogP contribution is -2.47. The molecule has 1 aromatic heterocycles. The molecular formula is C19H22N4O5. The summed E-state index contributed by atoms with van der Waals surface area (Å²) < 4.78 is 5.00. The lowest BCUT2D eigenvalue weighted by molar-refractivity contribution is -0.152. The van der Waals surface area contributed by atoms with Crippen LogP contribution in [-0.2, 0) is 25.7 Å². The predicted molar refractivity (Wildman–Crippen MR) is 100 cm³/mol. The number of hydrogen-bond donors (Lipinski definition) is 2. The summed E-state index contributed by atoms with van der Waals surface area (Å²) in [5.74, 6) is -1.87. The zero-order chi connectivity index (χ0) is 20.1. The smallest absolute Gasteiger partial charge is 0.311 e. The second kappa shape index (κ2) is 8.64. The lowest BCUT2D eigenvalue weighted by Gasteiger charge is -2.30. The van der Waals surface area contributed by atoms with E-state index in [-0.39, 0.29) is 24.0 Å². The number of nitrogens with one attached hydrogen (secondary N) is 2. The Morgan fingerprint density at radius 1 is 1.21 bits per heavy atom. The number of nitrogens with zero attached hydrogens (tertiary/aromatic N) is 2. The van der Waals surface area contributed by atoms with E-state index in [2.05, 4.69) is 15.5 Å². The van der Waals surface area contributed by atoms with E-state index in [0.717, 1.165) is 0 Å². The fourth-order valence-corrected chi connectivity index (χ4v) is 3.27. The van der Waals surface area contributed by atoms with Gasteiger partial charge in [0.15, 0.2) is 0 Å². The first-order valence-corrected chi connectivity index (χ1v) is 9.21. The third-order valence-electron chi connectivity index (χ3n) is 4.79. The van der Waals surface area contributed by atoms with E-state index in [4.69, 9.17) is 4.74 Å². The Morgan fingerprint density at radius 3 is 2.57 bits per heavy atom. The second-order valence-corrected chi connectivity index (χ2v) is 6.55. The molecule has 1 fully saturated rings. The van der Waals surface area contributed by atoms with Crippen molar-refractivity contribution in [1.29, 1.82) is 0 Å². The summed E-state index contributed by atoms with van der Waals surface area (Å²) in [6.07, 6.45) is 0.952. The molecule has 2 aromatic rings. The fraction of sp³-hybridized carbons (Fsp3) is 0.421. The number of aromatic amines is 1. The summed E-state index contributed by atoms with van der Waals surface area (Å²) >= 11 is 0. The molecular weight excluding hydrogens is 364 g/mol. The number of amides is 2. The highest BCUT2D eigenvalue weighted by molar-refractivity contribution is 6.35. The van der Waals surface area contributed by atoms with Crippen LogP contribution in [0, 0.1) is 5.92 Å². The first kappa shape index (κ1) is 19.5. The Kier molecular flexibility index (Phi) is 6.03. The van der Waals surface area contributed by atoms with E-state index >= 15 is 0 Å². The molecule has 9 nitrogen and oxygen atoms in total. The summed E-state index contributed by atoms with van der Waals surface area (Å²) in [6, 6.07) is 6.91. The van der Waals surface area contributed by atoms with Gasteiger partial charge in [-0.3, -0.25) is 19.2 Å². The average Bonchev–Trinajstić information content (AvgIpc) is 2.73. The Balaban J connectivity index is 1.57. The first-order chi connectivity index (χ1) is 13.5. The number of hydrogen-bond acceptors (Lipinski definition) is 6. The van der Waals surface area contributed by atoms with Crippen molar-refractivity contribution in [2.24, 2.45) is 5.92 Å². The normalized spacial score (nSPS) is 14.7. The molecule has 1 aliphatic heterocycles. The van der Waals surface area contributed by atoms with Crippen molar-refractivity contribution in [3.05, 3.63) is 40.3 Å². The molecule has 148 valence electrons. The van der Waals surface area contributed by atoms with Gasteiger partial charge in [0.1, 0.15) is 0 Å². The molecule has 0 atom stereocenters. The summed E-state index contributed by atoms with van der Waals surface area (Å²) in [7, 11) is 0. The van der Waals surface area contributed by atoms with Crippen LogP contribution in [0.5, 0.6) is 0 Å². The van der Waals surface area contributed by atoms with Gasteiger partial charge in [-0.15, -0.1) is 0 Å². The third-order valence-corrected chi connectivity index (χ3v) is 4.79. The topological polar surface area (TPSA) is 121 Å². The van der Waals surface area contributed by atoms with Crippen molar-refractivity contribution in [2.75, 3.05) is 19.7 Å². The van der Waals surface area contributed by atoms with Gasteiger partial charge in [-0.25, -0.2) is 5.10 Å². The van der Waals surface area contributed by atoms with Crippen LogP contribution in [0.25, 0.3) is 10.8 Å². The van der Waals surface area contributed by atoms with Gasteiger partial charge in [-0.05, 0) is 25.8 Å². The minimum Gasteiger partial charge on any atom is -0.466 e. The van der Waals surface area contributed by atoms with E-state index in [1.165, 1.54) is 4.90 Å². The summed E-state index contributed by atoms with van der Waals surface area (Å²) in [5.41, 5.74) is 0.156. The highest BCUT2D eigenvalue weighted by atomic mass is 16.5. The summed E-state index contributed by atoms with van der Waals surface area (Å²) in [6.45, 7) is 2.75. The Labute approximate surface area is 161 Å². The van der Waals surface area contributed by atoms with E-state index in [1.54, 1.807) is 31.2 Å². The van der Waals surface area contributed by atoms with Crippen molar-refractivity contribution in [3.63, 3.8) is 0 Å². The number of piperidine rings is 1. The van der Waals surface area contributed by atoms with E-state index in [1.807, 2.05) is 0 Å². The molecule has 3 rings (SSSR count). The number of benzene rings is 1. The van der Waals surface area contributed by atoms with Crippen molar-refractivity contribution >= 4 is 28.6 Å². The zero-order valence-electron chi connectivity index (χ0n) is 15.6. The molecule has 0 spiro atoms. The number of carbonyl (C=O) groups is 3. The standard InChI is InChI=1S/C19H22N4O5/c1-2-28-19(27)12-7-9-23(10-8-12)18(26)17(25)20-11-15-13-5-3-4-6-14(13)16(24)22-21-15/h3-6,12H,2,7-11H2,1H3,(H,20,25)(H,22,24). The molecule has 1 aliphatic rings. The maximum absolute atomic E-state index is 12.4. The van der Waals surface area contributed by atoms with Crippen molar-refractivity contribution in [3.8, 4) is 0 Å². The monoisotopic (exact) mass is 386 g/mol. The van der Waals surface area contributed by atoms with Crippen LogP contribution in [0.2, 0.25) is 0 Å². The lowest BCUT2D eigenvalue weighted by atomic mass is 9.97. The van der Waals surface area contributed by atoms with Crippen LogP contribution in [0.3, 0.4) is 0 Å². The molecule has 2 amide bonds. The molecule has 0 bridgehead atoms. The Hall–Kier alpha value is -3.23. The molecule has 2 heterocycles. The summed E-state index contributed by atoms with van der Waals surface area (Å²) in [4.78, 5) is 49.6. The van der Waals surface area contributed by atoms with Gasteiger partial charge >= 0.3 is 17.8 Å². The number of likely N-dealkylation sites (tertiary alicyclic amines) is 1. The minimum atomic E-state index is -0.744. The molecule has 0 unspecified atom stereocenters. The van der Waals surface area contributed by atoms with Gasteiger partial charge in [0.2, 0.25) is 0 Å². The van der Waals surface area contributed by atoms with Gasteiger partial charge in [-0.2, -0.15) is 5.10 Å². The Bertz CT molecular complexity index is 947. The van der Waals surface area contributed by atoms with Crippen LogP contribution in [0.4, 0.5) is 0 Å². The van der Waals surface area contributed by atoms with Crippen molar-refractivity contribution in [2.45, 2.75) is 26.3 Å². The number of aromatic nitrogens is 2. The maximum atomic E-state index is 12.4. The highest BCUT2D eigenvalue weighted by Crippen LogP contribution is 2.19. The largest absolute Gasteiger partial charge is 0.466 e. The number of H-pyrrole nitrogens is 1. The molecule has 2 N–H and O–H groups in total. The fourth-order valence-electron chi connectivity index (χ4n) is 3.27. The Morgan fingerprint density at radius 2 is 1.89 bits per heavy atom. The number of fused-ring (bicyclic) bond motifs is 1. The van der Waals surface area contributed by atoms with Gasteiger partial charge in [0.25, 0.3) is 5.56 Å². The average molecular weight is 386 g/mol. The predicted octanol–water partition coefficient (Wildman–Crippen LogP) is 0.341. The molecule has 0 aliphatic carbocycles. The SMILES string of the molecule is CCOC(=O)C1CCN(C(=O)C(=O)NCc2n[nH]c(=O)c3ccccc23)CC1. The molecule has 0 radical (unpaired) electrons. The van der Waals surface area contributed by atoms with Gasteiger partial charge in [0, 0.05) is 18.5 Å². The van der Waals surface area contributed by atoms with Crippen LogP contribution in [0.1, 0.15) is 25.5 Å². The number of esters is 1. The quantitative estimate of drug-likeness (QED) is 0.577. The minimum absolute atomic E-state index is 0.0150. The maximum Gasteiger partial charge on any atom is 0.311 e. The van der Waals surface area contributed by atoms with E-state index < -0.39 is 11.8 Å². The summed E-state index contributed by atoms with van der Waals surface area (Å²) in [5, 5.41) is 10.00. The molecule has 28 heavy (non-hydrogen) atoms. The van der Waals surface area contributed by atoms with Gasteiger partial charge < -0.3 is 15.0 Å². The van der Waals surface area contributed by atoms with Crippen LogP contribution < -0.4 is 10.9 Å². The second-order valence-electron chi connectivity index (χ2n) is 6.55. The van der Waals surface area contributed by atoms with Gasteiger partial charge in [-0.1, -0.05) is 18.2 Å². The molecule has 0 saturated carbocycles. The van der Waals surface area contributed by atoms with Crippen LogP contribution in [-0.4, -0.2) is 52.6 Å². The number of rotatable bonds is 4.